The summed E-state index contributed by atoms with van der Waals surface area (Å²) >= 11 is 0. The number of hydrogen-bond donors (Lipinski definition) is 3. The number of amides is 1. The second-order valence-corrected chi connectivity index (χ2v) is 12.5. The van der Waals surface area contributed by atoms with Crippen LogP contribution in [0.5, 0.6) is 5.75 Å². The van der Waals surface area contributed by atoms with Gasteiger partial charge in [-0.05, 0) is 44.9 Å². The van der Waals surface area contributed by atoms with Crippen LogP contribution in [0.3, 0.4) is 0 Å². The third-order valence-corrected chi connectivity index (χ3v) is 8.84. The first-order chi connectivity index (χ1) is 20.5. The van der Waals surface area contributed by atoms with Gasteiger partial charge in [-0.3, -0.25) is 18.7 Å². The molecule has 4 heterocycles. The quantitative estimate of drug-likeness (QED) is 0.330. The van der Waals surface area contributed by atoms with Gasteiger partial charge in [0, 0.05) is 12.6 Å². The minimum atomic E-state index is -4.33. The Balaban J connectivity index is 1.57. The first kappa shape index (κ1) is 32.7. The molecule has 1 saturated heterocycles. The maximum atomic E-state index is 15.8. The first-order valence-corrected chi connectivity index (χ1v) is 15.9. The number of rotatable bonds is 2. The predicted molar refractivity (Wildman–Crippen MR) is 153 cm³/mol. The van der Waals surface area contributed by atoms with Crippen LogP contribution < -0.4 is 20.6 Å². The smallest absolute Gasteiger partial charge is 0.459 e. The molecule has 2 unspecified atom stereocenters. The molecule has 2 aromatic rings. The molecule has 4 bridgehead atoms. The minimum Gasteiger partial charge on any atom is -0.465 e. The number of fused-ring (bicyclic) bond motifs is 18. The number of hydrogen-bond acceptors (Lipinski definition) is 10. The highest BCUT2D eigenvalue weighted by Crippen LogP contribution is 2.47. The van der Waals surface area contributed by atoms with E-state index in [1.165, 1.54) is 31.3 Å². The lowest BCUT2D eigenvalue weighted by Crippen LogP contribution is -2.43. The molecule has 1 aromatic heterocycles. The fourth-order valence-corrected chi connectivity index (χ4v) is 6.28. The number of carbonyl (C=O) groups excluding carboxylic acids is 2. The summed E-state index contributed by atoms with van der Waals surface area (Å²) in [7, 11) is -4.33. The number of nitrogens with zero attached hydrogens (tertiary/aromatic N) is 2. The monoisotopic (exact) mass is 624 g/mol. The van der Waals surface area contributed by atoms with Crippen molar-refractivity contribution in [3.8, 4) is 5.75 Å². The van der Waals surface area contributed by atoms with Gasteiger partial charge in [-0.2, -0.15) is 10.1 Å². The summed E-state index contributed by atoms with van der Waals surface area (Å²) in [5.74, 6) is -0.813. The normalized spacial score (nSPS) is 31.9. The number of aliphatic hydroxyl groups is 1. The SMILES string of the molecule is C[C@@H]1N[P@@](=O)(Oc2ccccc2)OCC2OC(n3ccc(nc3=O)NC(=O)CCCCCCCCOC1=O)[C@](C)(F)[C@@H]2O. The van der Waals surface area contributed by atoms with E-state index in [0.717, 1.165) is 37.2 Å². The summed E-state index contributed by atoms with van der Waals surface area (Å²) in [6.07, 6.45) is 1.31. The van der Waals surface area contributed by atoms with Crippen molar-refractivity contribution in [1.82, 2.24) is 14.6 Å². The molecule has 236 valence electrons. The van der Waals surface area contributed by atoms with E-state index in [0.29, 0.717) is 12.8 Å². The summed E-state index contributed by atoms with van der Waals surface area (Å²) in [5.41, 5.74) is -3.41. The lowest BCUT2D eigenvalue weighted by atomic mass is 9.98. The highest BCUT2D eigenvalue weighted by molar-refractivity contribution is 7.52. The summed E-state index contributed by atoms with van der Waals surface area (Å²) in [5, 5.41) is 15.9. The second-order valence-electron chi connectivity index (χ2n) is 10.8. The van der Waals surface area contributed by atoms with Crippen molar-refractivity contribution in [2.24, 2.45) is 0 Å². The number of esters is 1. The molecule has 3 N–H and O–H groups in total. The number of para-hydroxylation sites is 1. The van der Waals surface area contributed by atoms with Gasteiger partial charge in [0.1, 0.15) is 29.8 Å². The summed E-state index contributed by atoms with van der Waals surface area (Å²) in [6, 6.07) is 8.29. The van der Waals surface area contributed by atoms with Gasteiger partial charge in [0.05, 0.1) is 13.2 Å². The van der Waals surface area contributed by atoms with Crippen LogP contribution in [0.1, 0.15) is 65.0 Å². The number of carbonyl (C=O) groups is 2. The highest BCUT2D eigenvalue weighted by Gasteiger charge is 2.56. The Labute approximate surface area is 248 Å². The van der Waals surface area contributed by atoms with E-state index < -0.39 is 56.2 Å². The van der Waals surface area contributed by atoms with Crippen molar-refractivity contribution in [2.45, 2.75) is 88.9 Å². The van der Waals surface area contributed by atoms with E-state index in [9.17, 15) is 24.1 Å². The van der Waals surface area contributed by atoms with Crippen LogP contribution in [-0.2, 0) is 28.2 Å². The van der Waals surface area contributed by atoms with Crippen molar-refractivity contribution in [1.29, 1.82) is 0 Å². The molecule has 3 aliphatic rings. The molecule has 0 spiro atoms. The van der Waals surface area contributed by atoms with Gasteiger partial charge in [0.15, 0.2) is 11.9 Å². The average molecular weight is 625 g/mol. The van der Waals surface area contributed by atoms with Crippen LogP contribution in [0.25, 0.3) is 0 Å². The van der Waals surface area contributed by atoms with Gasteiger partial charge in [0.25, 0.3) is 0 Å². The topological polar surface area (TPSA) is 167 Å². The Hall–Kier alpha value is -3.16. The zero-order valence-corrected chi connectivity index (χ0v) is 25.0. The van der Waals surface area contributed by atoms with E-state index in [4.69, 9.17) is 18.5 Å². The Bertz CT molecular complexity index is 1360. The molecule has 0 saturated carbocycles. The third kappa shape index (κ3) is 8.70. The highest BCUT2D eigenvalue weighted by atomic mass is 31.2. The van der Waals surface area contributed by atoms with E-state index >= 15 is 4.39 Å². The number of halogens is 1. The van der Waals surface area contributed by atoms with Crippen molar-refractivity contribution >= 4 is 25.4 Å². The molecule has 5 rings (SSSR count). The number of aliphatic hydroxyl groups excluding tert-OH is 1. The summed E-state index contributed by atoms with van der Waals surface area (Å²) in [4.78, 5) is 41.6. The van der Waals surface area contributed by atoms with Gasteiger partial charge in [-0.25, -0.2) is 13.8 Å². The fourth-order valence-electron chi connectivity index (χ4n) is 4.78. The molecule has 43 heavy (non-hydrogen) atoms. The van der Waals surface area contributed by atoms with Gasteiger partial charge >= 0.3 is 19.4 Å². The van der Waals surface area contributed by atoms with Crippen molar-refractivity contribution < 1.29 is 42.2 Å². The maximum absolute atomic E-state index is 15.8. The van der Waals surface area contributed by atoms with Crippen molar-refractivity contribution in [2.75, 3.05) is 18.5 Å². The largest absolute Gasteiger partial charge is 0.465 e. The number of aromatic nitrogens is 2. The average Bonchev–Trinajstić information content (AvgIpc) is 3.18. The number of benzene rings is 1. The first-order valence-electron chi connectivity index (χ1n) is 14.3. The number of nitrogens with one attached hydrogen (secondary N) is 2. The van der Waals surface area contributed by atoms with Crippen LogP contribution in [0, 0.1) is 0 Å². The van der Waals surface area contributed by atoms with Crippen LogP contribution in [-0.4, -0.2) is 63.7 Å². The molecule has 1 fully saturated rings. The molecular formula is C28H38FN4O9P. The Morgan fingerprint density at radius 2 is 1.79 bits per heavy atom. The fraction of sp³-hybridized carbons (Fsp3) is 0.571. The molecule has 1 aromatic carbocycles. The van der Waals surface area contributed by atoms with E-state index in [1.807, 2.05) is 0 Å². The number of anilines is 1. The predicted octanol–water partition coefficient (Wildman–Crippen LogP) is 3.64. The Morgan fingerprint density at radius 3 is 2.51 bits per heavy atom. The van der Waals surface area contributed by atoms with Gasteiger partial charge in [-0.1, -0.05) is 43.9 Å². The zero-order chi connectivity index (χ0) is 31.0. The van der Waals surface area contributed by atoms with Crippen LogP contribution in [0.4, 0.5) is 10.2 Å². The Kier molecular flexibility index (Phi) is 11.1. The lowest BCUT2D eigenvalue weighted by molar-refractivity contribution is -0.145. The molecular weight excluding hydrogens is 586 g/mol. The number of ether oxygens (including phenoxy) is 2. The van der Waals surface area contributed by atoms with Gasteiger partial charge in [0.2, 0.25) is 5.91 Å². The number of alkyl halides is 1. The lowest BCUT2D eigenvalue weighted by Gasteiger charge is -2.25. The molecule has 6 atom stereocenters. The maximum Gasteiger partial charge on any atom is 0.459 e. The molecule has 0 radical (unpaired) electrons. The molecule has 15 heteroatoms. The van der Waals surface area contributed by atoms with Crippen molar-refractivity contribution in [3.05, 3.63) is 53.1 Å². The van der Waals surface area contributed by atoms with E-state index in [-0.39, 0.29) is 30.5 Å². The van der Waals surface area contributed by atoms with Gasteiger partial charge < -0.3 is 24.4 Å². The van der Waals surface area contributed by atoms with Gasteiger partial charge in [-0.15, -0.1) is 0 Å². The van der Waals surface area contributed by atoms with Crippen LogP contribution >= 0.6 is 7.75 Å². The van der Waals surface area contributed by atoms with E-state index in [2.05, 4.69) is 15.4 Å². The summed E-state index contributed by atoms with van der Waals surface area (Å²) in [6.45, 7) is 2.02. The molecule has 13 nitrogen and oxygen atoms in total. The third-order valence-electron chi connectivity index (χ3n) is 7.19. The molecule has 0 aliphatic carbocycles. The molecule has 3 aliphatic heterocycles. The van der Waals surface area contributed by atoms with Crippen LogP contribution in [0.15, 0.2) is 47.4 Å². The Morgan fingerprint density at radius 1 is 1.09 bits per heavy atom. The van der Waals surface area contributed by atoms with Crippen LogP contribution in [0.2, 0.25) is 0 Å². The standard InChI is InChI=1S/C28H38FN4O9P/c1-19-25(36)39-17-11-6-4-3-5-10-14-23(34)30-22-15-16-33(27(37)31-22)26-28(2,29)24(35)21(41-26)18-40-43(38,32-19)42-20-12-8-7-9-13-20/h7-9,12-13,15-16,19,21,24,26,35H,3-6,10-11,14,17-18H2,1-2H3,(H,32,38)(H,30,31,34,37)/t19-,21?,24+,26?,28+,43-/m0/s1. The van der Waals surface area contributed by atoms with Crippen molar-refractivity contribution in [3.63, 3.8) is 0 Å². The van der Waals surface area contributed by atoms with E-state index in [1.54, 1.807) is 18.2 Å². The zero-order valence-electron chi connectivity index (χ0n) is 24.1. The second kappa shape index (κ2) is 14.5. The summed E-state index contributed by atoms with van der Waals surface area (Å²) < 4.78 is 52.7. The minimum absolute atomic E-state index is 0.00781. The molecule has 1 amide bonds.